The third-order valence-electron chi connectivity index (χ3n) is 8.87. The fourth-order valence-corrected chi connectivity index (χ4v) is 6.75. The first-order valence-corrected chi connectivity index (χ1v) is 16.2. The van der Waals surface area contributed by atoms with Crippen molar-refractivity contribution in [3.05, 3.63) is 82.4 Å². The summed E-state index contributed by atoms with van der Waals surface area (Å²) in [6.07, 6.45) is 3.95. The van der Waals surface area contributed by atoms with E-state index in [2.05, 4.69) is 29.4 Å². The zero-order valence-corrected chi connectivity index (χ0v) is 27.3. The smallest absolute Gasteiger partial charge is 0.232 e. The number of halogens is 1. The number of hydrogen-bond donors (Lipinski definition) is 2. The minimum atomic E-state index is -0.368. The molecule has 0 bridgehead atoms. The molecule has 5 rings (SSSR count). The fraction of sp³-hybridized carbons (Fsp3) is 0.444. The van der Waals surface area contributed by atoms with E-state index < -0.39 is 0 Å². The van der Waals surface area contributed by atoms with E-state index in [-0.39, 0.29) is 42.9 Å². The molecule has 2 amide bonds. The molecule has 240 valence electrons. The van der Waals surface area contributed by atoms with Crippen molar-refractivity contribution in [3.63, 3.8) is 0 Å². The predicted octanol–water partition coefficient (Wildman–Crippen LogP) is 6.17. The summed E-state index contributed by atoms with van der Waals surface area (Å²) in [6.45, 7) is 5.14. The van der Waals surface area contributed by atoms with Gasteiger partial charge in [-0.3, -0.25) is 9.59 Å². The number of rotatable bonds is 11. The first-order chi connectivity index (χ1) is 21.7. The van der Waals surface area contributed by atoms with E-state index in [0.29, 0.717) is 29.0 Å². The van der Waals surface area contributed by atoms with E-state index in [1.54, 1.807) is 7.11 Å². The SMILES string of the molecule is COc1cc2c(cc1OC(C)C)[C@H](c1ccc(Cl)cc1)N(c1ccc(N(C)CC3CCC(C(=O)NCCO)CC3)cc1)C(=O)C2. The van der Waals surface area contributed by atoms with Crippen LogP contribution in [0.3, 0.4) is 0 Å². The van der Waals surface area contributed by atoms with Crippen LogP contribution in [0, 0.1) is 11.8 Å². The number of nitrogens with zero attached hydrogens (tertiary/aromatic N) is 2. The Hall–Kier alpha value is -3.75. The van der Waals surface area contributed by atoms with Crippen LogP contribution in [-0.2, 0) is 16.0 Å². The number of aliphatic hydroxyl groups is 1. The molecule has 2 aliphatic rings. The Morgan fingerprint density at radius 1 is 1.04 bits per heavy atom. The topological polar surface area (TPSA) is 91.3 Å². The van der Waals surface area contributed by atoms with E-state index in [1.165, 1.54) is 0 Å². The van der Waals surface area contributed by atoms with Gasteiger partial charge in [0, 0.05) is 42.5 Å². The summed E-state index contributed by atoms with van der Waals surface area (Å²) in [4.78, 5) is 30.3. The first kappa shape index (κ1) is 32.6. The third-order valence-corrected chi connectivity index (χ3v) is 9.12. The highest BCUT2D eigenvalue weighted by Gasteiger charge is 2.36. The maximum absolute atomic E-state index is 13.9. The van der Waals surface area contributed by atoms with Crippen molar-refractivity contribution in [2.24, 2.45) is 11.8 Å². The minimum Gasteiger partial charge on any atom is -0.493 e. The average Bonchev–Trinajstić information content (AvgIpc) is 3.03. The number of anilines is 2. The van der Waals surface area contributed by atoms with E-state index in [4.69, 9.17) is 26.2 Å². The normalized spacial score (nSPS) is 19.7. The molecule has 8 nitrogen and oxygen atoms in total. The Bertz CT molecular complexity index is 1470. The number of carbonyl (C=O) groups is 2. The van der Waals surface area contributed by atoms with Crippen LogP contribution in [-0.4, -0.2) is 56.9 Å². The molecular weight excluding hydrogens is 590 g/mol. The summed E-state index contributed by atoms with van der Waals surface area (Å²) in [6, 6.07) is 19.4. The number of fused-ring (bicyclic) bond motifs is 1. The minimum absolute atomic E-state index is 0.00270. The molecule has 9 heteroatoms. The maximum atomic E-state index is 13.9. The lowest BCUT2D eigenvalue weighted by Crippen LogP contribution is -2.41. The molecule has 1 fully saturated rings. The fourth-order valence-electron chi connectivity index (χ4n) is 6.62. The summed E-state index contributed by atoms with van der Waals surface area (Å²) >= 11 is 6.26. The molecule has 3 aromatic carbocycles. The van der Waals surface area contributed by atoms with Crippen molar-refractivity contribution in [2.45, 2.75) is 58.1 Å². The van der Waals surface area contributed by atoms with Crippen LogP contribution in [0.15, 0.2) is 60.7 Å². The van der Waals surface area contributed by atoms with Crippen LogP contribution in [0.4, 0.5) is 11.4 Å². The lowest BCUT2D eigenvalue weighted by Gasteiger charge is -2.38. The second kappa shape index (κ2) is 14.6. The van der Waals surface area contributed by atoms with Gasteiger partial charge in [-0.15, -0.1) is 0 Å². The molecule has 0 saturated heterocycles. The second-order valence-corrected chi connectivity index (χ2v) is 12.8. The predicted molar refractivity (Wildman–Crippen MR) is 178 cm³/mol. The zero-order chi connectivity index (χ0) is 32.1. The monoisotopic (exact) mass is 633 g/mol. The number of amides is 2. The summed E-state index contributed by atoms with van der Waals surface area (Å²) in [5.74, 6) is 1.86. The van der Waals surface area contributed by atoms with Gasteiger partial charge in [0.2, 0.25) is 11.8 Å². The molecule has 1 atom stereocenters. The summed E-state index contributed by atoms with van der Waals surface area (Å²) in [7, 11) is 3.71. The molecule has 3 aromatic rings. The van der Waals surface area contributed by atoms with Crippen LogP contribution in [0.1, 0.15) is 62.3 Å². The number of carbonyl (C=O) groups excluding carboxylic acids is 2. The van der Waals surface area contributed by atoms with Gasteiger partial charge in [0.05, 0.1) is 32.3 Å². The molecule has 0 radical (unpaired) electrons. The molecular formula is C36H44ClN3O5. The van der Waals surface area contributed by atoms with Crippen molar-refractivity contribution < 1.29 is 24.2 Å². The number of methoxy groups -OCH3 is 1. The summed E-state index contributed by atoms with van der Waals surface area (Å²) in [5.41, 5.74) is 4.76. The Balaban J connectivity index is 1.37. The average molecular weight is 634 g/mol. The Kier molecular flexibility index (Phi) is 10.6. The molecule has 2 N–H and O–H groups in total. The van der Waals surface area contributed by atoms with E-state index >= 15 is 0 Å². The summed E-state index contributed by atoms with van der Waals surface area (Å²) in [5, 5.41) is 12.4. The van der Waals surface area contributed by atoms with Crippen molar-refractivity contribution >= 4 is 34.8 Å². The number of nitrogens with one attached hydrogen (secondary N) is 1. The van der Waals surface area contributed by atoms with E-state index in [9.17, 15) is 9.59 Å². The molecule has 0 spiro atoms. The van der Waals surface area contributed by atoms with Crippen molar-refractivity contribution in [1.29, 1.82) is 0 Å². The highest BCUT2D eigenvalue weighted by Crippen LogP contribution is 2.44. The van der Waals surface area contributed by atoms with Crippen LogP contribution in [0.25, 0.3) is 0 Å². The van der Waals surface area contributed by atoms with Crippen molar-refractivity contribution in [2.75, 3.05) is 43.7 Å². The number of ether oxygens (including phenoxy) is 2. The lowest BCUT2D eigenvalue weighted by molar-refractivity contribution is -0.126. The van der Waals surface area contributed by atoms with Gasteiger partial charge in [0.15, 0.2) is 11.5 Å². The quantitative estimate of drug-likeness (QED) is 0.263. The molecule has 1 saturated carbocycles. The lowest BCUT2D eigenvalue weighted by atomic mass is 9.81. The highest BCUT2D eigenvalue weighted by atomic mass is 35.5. The molecule has 1 heterocycles. The molecule has 45 heavy (non-hydrogen) atoms. The Morgan fingerprint density at radius 3 is 2.36 bits per heavy atom. The van der Waals surface area contributed by atoms with Gasteiger partial charge in [-0.25, -0.2) is 0 Å². The summed E-state index contributed by atoms with van der Waals surface area (Å²) < 4.78 is 11.8. The van der Waals surface area contributed by atoms with Crippen LogP contribution in [0.5, 0.6) is 11.5 Å². The zero-order valence-electron chi connectivity index (χ0n) is 26.6. The number of benzene rings is 3. The van der Waals surface area contributed by atoms with Gasteiger partial charge in [-0.2, -0.15) is 0 Å². The van der Waals surface area contributed by atoms with Crippen LogP contribution in [0.2, 0.25) is 5.02 Å². The van der Waals surface area contributed by atoms with Crippen molar-refractivity contribution in [3.8, 4) is 11.5 Å². The van der Waals surface area contributed by atoms with Crippen LogP contribution >= 0.6 is 11.6 Å². The standard InChI is InChI=1S/C36H44ClN3O5/c1-23(2)45-33-21-31-27(19-32(33)44-4)20-34(42)40(35(31)25-9-11-28(37)12-10-25)30-15-13-29(14-16-30)39(3)22-24-5-7-26(8-6-24)36(43)38-17-18-41/h9-16,19,21,23-24,26,35,41H,5-8,17-18,20,22H2,1-4H3,(H,38,43)/t24?,26?,35-/m0/s1. The highest BCUT2D eigenvalue weighted by molar-refractivity contribution is 6.30. The van der Waals surface area contributed by atoms with Crippen LogP contribution < -0.4 is 24.6 Å². The Morgan fingerprint density at radius 2 is 1.73 bits per heavy atom. The van der Waals surface area contributed by atoms with Gasteiger partial charge in [0.1, 0.15) is 0 Å². The molecule has 1 aliphatic carbocycles. The third kappa shape index (κ3) is 7.56. The molecule has 0 aromatic heterocycles. The van der Waals surface area contributed by atoms with Gasteiger partial charge >= 0.3 is 0 Å². The van der Waals surface area contributed by atoms with Gasteiger partial charge in [-0.05, 0) is 111 Å². The van der Waals surface area contributed by atoms with E-state index in [0.717, 1.165) is 60.3 Å². The maximum Gasteiger partial charge on any atom is 0.232 e. The largest absolute Gasteiger partial charge is 0.493 e. The first-order valence-electron chi connectivity index (χ1n) is 15.8. The Labute approximate surface area is 271 Å². The molecule has 0 unspecified atom stereocenters. The second-order valence-electron chi connectivity index (χ2n) is 12.4. The molecule has 1 aliphatic heterocycles. The van der Waals surface area contributed by atoms with Gasteiger partial charge < -0.3 is 29.7 Å². The number of hydrogen-bond acceptors (Lipinski definition) is 6. The van der Waals surface area contributed by atoms with Gasteiger partial charge in [-0.1, -0.05) is 23.7 Å². The van der Waals surface area contributed by atoms with Gasteiger partial charge in [0.25, 0.3) is 0 Å². The van der Waals surface area contributed by atoms with Crippen molar-refractivity contribution in [1.82, 2.24) is 5.32 Å². The van der Waals surface area contributed by atoms with E-state index in [1.807, 2.05) is 67.3 Å². The number of aliphatic hydroxyl groups excluding tert-OH is 1.